The van der Waals surface area contributed by atoms with E-state index in [-0.39, 0.29) is 16.8 Å². The minimum atomic E-state index is -0.196. The summed E-state index contributed by atoms with van der Waals surface area (Å²) in [6.45, 7) is 0.716. The lowest BCUT2D eigenvalue weighted by Gasteiger charge is -2.21. The predicted octanol–water partition coefficient (Wildman–Crippen LogP) is 2.00. The molecule has 1 aliphatic rings. The lowest BCUT2D eigenvalue weighted by atomic mass is 10.0. The van der Waals surface area contributed by atoms with Crippen molar-refractivity contribution in [1.82, 2.24) is 15.3 Å². The third kappa shape index (κ3) is 3.85. The summed E-state index contributed by atoms with van der Waals surface area (Å²) in [7, 11) is 0. The first kappa shape index (κ1) is 12.6. The zero-order valence-corrected chi connectivity index (χ0v) is 10.9. The number of halogens is 1. The molecular weight excluding hydrogens is 258 g/mol. The average Bonchev–Trinajstić information content (AvgIpc) is 2.37. The van der Waals surface area contributed by atoms with Gasteiger partial charge < -0.3 is 5.32 Å². The summed E-state index contributed by atoms with van der Waals surface area (Å²) in [4.78, 5) is 19.5. The Hall–Kier alpha value is -0.810. The number of carbonyl (C=O) groups is 1. The van der Waals surface area contributed by atoms with Crippen molar-refractivity contribution in [3.8, 4) is 0 Å². The van der Waals surface area contributed by atoms with Crippen molar-refractivity contribution in [3.63, 3.8) is 0 Å². The van der Waals surface area contributed by atoms with Gasteiger partial charge in [-0.2, -0.15) is 11.8 Å². The highest BCUT2D eigenvalue weighted by Crippen LogP contribution is 2.21. The van der Waals surface area contributed by atoms with Crippen LogP contribution in [0.4, 0.5) is 0 Å². The van der Waals surface area contributed by atoms with E-state index in [0.29, 0.717) is 12.5 Å². The second kappa shape index (κ2) is 6.21. The van der Waals surface area contributed by atoms with Crippen molar-refractivity contribution in [2.75, 3.05) is 18.1 Å². The van der Waals surface area contributed by atoms with Gasteiger partial charge in [0.15, 0.2) is 0 Å². The third-order valence-corrected chi connectivity index (χ3v) is 3.96. The second-order valence-corrected chi connectivity index (χ2v) is 5.60. The Morgan fingerprint density at radius 1 is 1.47 bits per heavy atom. The van der Waals surface area contributed by atoms with E-state index in [1.54, 1.807) is 0 Å². The molecule has 1 fully saturated rings. The minimum Gasteiger partial charge on any atom is -0.350 e. The molecule has 0 aliphatic carbocycles. The Balaban J connectivity index is 1.84. The largest absolute Gasteiger partial charge is 0.350 e. The number of hydrogen-bond donors (Lipinski definition) is 1. The molecule has 17 heavy (non-hydrogen) atoms. The van der Waals surface area contributed by atoms with E-state index >= 15 is 0 Å². The summed E-state index contributed by atoms with van der Waals surface area (Å²) >= 11 is 7.66. The van der Waals surface area contributed by atoms with Crippen LogP contribution in [0.3, 0.4) is 0 Å². The van der Waals surface area contributed by atoms with Crippen LogP contribution >= 0.6 is 23.4 Å². The average molecular weight is 272 g/mol. The van der Waals surface area contributed by atoms with Gasteiger partial charge >= 0.3 is 0 Å². The molecule has 2 rings (SSSR count). The number of thioether (sulfide) groups is 1. The second-order valence-electron chi connectivity index (χ2n) is 3.99. The smallest absolute Gasteiger partial charge is 0.271 e. The molecule has 92 valence electrons. The van der Waals surface area contributed by atoms with E-state index in [1.165, 1.54) is 36.7 Å². The van der Waals surface area contributed by atoms with Gasteiger partial charge in [0.2, 0.25) is 0 Å². The van der Waals surface area contributed by atoms with E-state index in [4.69, 9.17) is 11.6 Å². The number of aromatic nitrogens is 2. The molecule has 1 aromatic heterocycles. The minimum absolute atomic E-state index is 0.196. The van der Waals surface area contributed by atoms with E-state index in [2.05, 4.69) is 15.3 Å². The maximum absolute atomic E-state index is 11.8. The van der Waals surface area contributed by atoms with Crippen LogP contribution in [-0.2, 0) is 0 Å². The normalized spacial score (nSPS) is 16.8. The SMILES string of the molecule is O=C(NCC1CCSCC1)c1cncc(Cl)n1. The van der Waals surface area contributed by atoms with Gasteiger partial charge in [-0.1, -0.05) is 11.6 Å². The van der Waals surface area contributed by atoms with E-state index < -0.39 is 0 Å². The summed E-state index contributed by atoms with van der Waals surface area (Å²) in [6, 6.07) is 0. The van der Waals surface area contributed by atoms with Crippen LogP contribution in [-0.4, -0.2) is 33.9 Å². The molecule has 1 N–H and O–H groups in total. The zero-order valence-electron chi connectivity index (χ0n) is 9.36. The summed E-state index contributed by atoms with van der Waals surface area (Å²) in [5, 5.41) is 3.13. The molecule has 1 amide bonds. The quantitative estimate of drug-likeness (QED) is 0.914. The number of rotatable bonds is 3. The Kier molecular flexibility index (Phi) is 4.62. The summed E-state index contributed by atoms with van der Waals surface area (Å²) < 4.78 is 0. The molecule has 0 saturated carbocycles. The molecule has 0 radical (unpaired) electrons. The van der Waals surface area contributed by atoms with Crippen molar-refractivity contribution in [2.24, 2.45) is 5.92 Å². The molecule has 0 aromatic carbocycles. The van der Waals surface area contributed by atoms with Gasteiger partial charge in [-0.3, -0.25) is 9.78 Å². The van der Waals surface area contributed by atoms with Gasteiger partial charge in [0.05, 0.1) is 12.4 Å². The summed E-state index contributed by atoms with van der Waals surface area (Å²) in [5.74, 6) is 2.78. The zero-order chi connectivity index (χ0) is 12.1. The maximum Gasteiger partial charge on any atom is 0.271 e. The standard InChI is InChI=1S/C11H14ClN3OS/c12-10-7-13-6-9(15-10)11(16)14-5-8-1-3-17-4-2-8/h6-8H,1-5H2,(H,14,16). The van der Waals surface area contributed by atoms with Gasteiger partial charge in [0, 0.05) is 6.54 Å². The first-order valence-electron chi connectivity index (χ1n) is 5.59. The van der Waals surface area contributed by atoms with Crippen molar-refractivity contribution >= 4 is 29.3 Å². The van der Waals surface area contributed by atoms with Gasteiger partial charge in [0.25, 0.3) is 5.91 Å². The lowest BCUT2D eigenvalue weighted by Crippen LogP contribution is -2.31. The van der Waals surface area contributed by atoms with E-state index in [0.717, 1.165) is 0 Å². The first-order valence-corrected chi connectivity index (χ1v) is 7.12. The number of hydrogen-bond acceptors (Lipinski definition) is 4. The van der Waals surface area contributed by atoms with Crippen molar-refractivity contribution in [1.29, 1.82) is 0 Å². The van der Waals surface area contributed by atoms with Crippen LogP contribution in [0.1, 0.15) is 23.3 Å². The van der Waals surface area contributed by atoms with Gasteiger partial charge in [-0.15, -0.1) is 0 Å². The van der Waals surface area contributed by atoms with Gasteiger partial charge in [-0.25, -0.2) is 4.98 Å². The van der Waals surface area contributed by atoms with Crippen LogP contribution in [0.25, 0.3) is 0 Å². The molecule has 1 saturated heterocycles. The molecule has 2 heterocycles. The van der Waals surface area contributed by atoms with Crippen LogP contribution in [0, 0.1) is 5.92 Å². The molecule has 4 nitrogen and oxygen atoms in total. The van der Waals surface area contributed by atoms with Gasteiger partial charge in [-0.05, 0) is 30.3 Å². The van der Waals surface area contributed by atoms with E-state index in [9.17, 15) is 4.79 Å². The molecule has 1 aromatic rings. The number of nitrogens with one attached hydrogen (secondary N) is 1. The predicted molar refractivity (Wildman–Crippen MR) is 69.4 cm³/mol. The number of amides is 1. The monoisotopic (exact) mass is 271 g/mol. The first-order chi connectivity index (χ1) is 8.25. The Labute approximate surface area is 110 Å². The Bertz CT molecular complexity index is 396. The lowest BCUT2D eigenvalue weighted by molar-refractivity contribution is 0.0941. The van der Waals surface area contributed by atoms with Crippen LogP contribution in [0.2, 0.25) is 5.15 Å². The fourth-order valence-corrected chi connectivity index (χ4v) is 3.08. The Morgan fingerprint density at radius 2 is 2.24 bits per heavy atom. The number of nitrogens with zero attached hydrogens (tertiary/aromatic N) is 2. The molecule has 1 aliphatic heterocycles. The highest BCUT2D eigenvalue weighted by molar-refractivity contribution is 7.99. The van der Waals surface area contributed by atoms with Crippen LogP contribution < -0.4 is 5.32 Å². The summed E-state index contributed by atoms with van der Waals surface area (Å²) in [6.07, 6.45) is 5.19. The Morgan fingerprint density at radius 3 is 2.94 bits per heavy atom. The van der Waals surface area contributed by atoms with E-state index in [1.807, 2.05) is 11.8 Å². The highest BCUT2D eigenvalue weighted by Gasteiger charge is 2.15. The van der Waals surface area contributed by atoms with Crippen molar-refractivity contribution < 1.29 is 4.79 Å². The molecule has 6 heteroatoms. The van der Waals surface area contributed by atoms with Crippen LogP contribution in [0.15, 0.2) is 12.4 Å². The highest BCUT2D eigenvalue weighted by atomic mass is 35.5. The van der Waals surface area contributed by atoms with Gasteiger partial charge in [0.1, 0.15) is 10.8 Å². The third-order valence-electron chi connectivity index (χ3n) is 2.73. The topological polar surface area (TPSA) is 54.9 Å². The molecular formula is C11H14ClN3OS. The van der Waals surface area contributed by atoms with Crippen LogP contribution in [0.5, 0.6) is 0 Å². The molecule has 0 spiro atoms. The molecule has 0 unspecified atom stereocenters. The fraction of sp³-hybridized carbons (Fsp3) is 0.545. The van der Waals surface area contributed by atoms with Crippen molar-refractivity contribution in [2.45, 2.75) is 12.8 Å². The summed E-state index contributed by atoms with van der Waals surface area (Å²) in [5.41, 5.74) is 0.280. The molecule has 0 bridgehead atoms. The maximum atomic E-state index is 11.8. The molecule has 0 atom stereocenters. The number of carbonyl (C=O) groups excluding carboxylic acids is 1. The van der Waals surface area contributed by atoms with Crippen molar-refractivity contribution in [3.05, 3.63) is 23.2 Å². The fourth-order valence-electron chi connectivity index (χ4n) is 1.73.